The van der Waals surface area contributed by atoms with Crippen molar-refractivity contribution in [2.24, 2.45) is 0 Å². The quantitative estimate of drug-likeness (QED) is 0.559. The first-order chi connectivity index (χ1) is 8.59. The van der Waals surface area contributed by atoms with Crippen LogP contribution in [0.15, 0.2) is 12.7 Å². The molecule has 96 valence electrons. The molecule has 2 aromatic heterocycles. The number of ether oxygens (including phenoxy) is 1. The average molecular weight is 252 g/mol. The Morgan fingerprint density at radius 2 is 2.06 bits per heavy atom. The van der Waals surface area contributed by atoms with Crippen LogP contribution in [0.4, 0.5) is 5.82 Å². The van der Waals surface area contributed by atoms with E-state index in [1.165, 1.54) is 12.7 Å². The molecule has 1 fully saturated rings. The molecule has 4 atom stereocenters. The molecule has 1 aliphatic rings. The minimum atomic E-state index is -1.03. The predicted molar refractivity (Wildman–Crippen MR) is 61.3 cm³/mol. The summed E-state index contributed by atoms with van der Waals surface area (Å²) < 4.78 is 7.05. The minimum absolute atomic E-state index is 0.264. The summed E-state index contributed by atoms with van der Waals surface area (Å²) in [5.74, 6) is 0.264. The van der Waals surface area contributed by atoms with E-state index in [2.05, 4.69) is 15.0 Å². The first-order valence-corrected chi connectivity index (χ1v) is 5.54. The SMILES string of the molecule is [13CH3][C@H]1O[C@@H](n2cnc3c(N)ncnc32)[C@H](O)[C@@H]1O. The van der Waals surface area contributed by atoms with Crippen molar-refractivity contribution in [3.05, 3.63) is 12.7 Å². The molecule has 0 spiro atoms. The Balaban J connectivity index is 2.08. The van der Waals surface area contributed by atoms with Crippen LogP contribution < -0.4 is 5.73 Å². The third-order valence-corrected chi connectivity index (χ3v) is 3.14. The Hall–Kier alpha value is -1.77. The third-order valence-electron chi connectivity index (χ3n) is 3.14. The van der Waals surface area contributed by atoms with E-state index in [0.29, 0.717) is 11.2 Å². The molecular formula is C10H13N5O3. The second-order valence-electron chi connectivity index (χ2n) is 4.30. The van der Waals surface area contributed by atoms with Crippen molar-refractivity contribution >= 4 is 17.0 Å². The molecule has 3 rings (SSSR count). The van der Waals surface area contributed by atoms with Crippen LogP contribution in [0.3, 0.4) is 0 Å². The lowest BCUT2D eigenvalue weighted by atomic mass is 10.2. The number of imidazole rings is 1. The molecule has 0 radical (unpaired) electrons. The molecule has 0 unspecified atom stereocenters. The van der Waals surface area contributed by atoms with Crippen molar-refractivity contribution in [2.75, 3.05) is 5.73 Å². The highest BCUT2D eigenvalue weighted by Crippen LogP contribution is 2.31. The number of aliphatic hydroxyl groups excluding tert-OH is 2. The standard InChI is InChI=1S/C10H13N5O3/c1-4-6(16)7(17)10(18-4)15-3-14-5-8(11)12-2-13-9(5)15/h2-4,6-7,10,16-17H,1H3,(H2,11,12,13)/t4-,6-,7-,10-/m1/s1/i1+1. The third kappa shape index (κ3) is 1.47. The molecule has 4 N–H and O–H groups in total. The Morgan fingerprint density at radius 3 is 2.72 bits per heavy atom. The molecule has 0 saturated carbocycles. The molecule has 0 aliphatic carbocycles. The van der Waals surface area contributed by atoms with Gasteiger partial charge in [0.2, 0.25) is 0 Å². The maximum absolute atomic E-state index is 9.93. The molecule has 0 bridgehead atoms. The monoisotopic (exact) mass is 252 g/mol. The van der Waals surface area contributed by atoms with Crippen LogP contribution in [-0.4, -0.2) is 48.0 Å². The summed E-state index contributed by atoms with van der Waals surface area (Å²) in [7, 11) is 0. The van der Waals surface area contributed by atoms with Crippen LogP contribution >= 0.6 is 0 Å². The van der Waals surface area contributed by atoms with E-state index in [9.17, 15) is 10.2 Å². The van der Waals surface area contributed by atoms with Gasteiger partial charge in [-0.05, 0) is 6.92 Å². The molecule has 3 heterocycles. The number of nitrogens with zero attached hydrogens (tertiary/aromatic N) is 4. The van der Waals surface area contributed by atoms with Gasteiger partial charge in [0, 0.05) is 0 Å². The largest absolute Gasteiger partial charge is 0.388 e. The minimum Gasteiger partial charge on any atom is -0.388 e. The smallest absolute Gasteiger partial charge is 0.167 e. The zero-order chi connectivity index (χ0) is 12.9. The number of aromatic nitrogens is 4. The van der Waals surface area contributed by atoms with Gasteiger partial charge in [0.05, 0.1) is 12.4 Å². The average Bonchev–Trinajstić information content (AvgIpc) is 2.88. The number of fused-ring (bicyclic) bond motifs is 1. The number of nitrogen functional groups attached to an aromatic ring is 1. The van der Waals surface area contributed by atoms with E-state index in [1.54, 1.807) is 11.5 Å². The second-order valence-corrected chi connectivity index (χ2v) is 4.30. The summed E-state index contributed by atoms with van der Waals surface area (Å²) in [4.78, 5) is 12.0. The molecule has 0 aromatic carbocycles. The first-order valence-electron chi connectivity index (χ1n) is 5.54. The molecule has 8 nitrogen and oxygen atoms in total. The molecule has 1 saturated heterocycles. The summed E-state index contributed by atoms with van der Waals surface area (Å²) in [6.45, 7) is 1.69. The summed E-state index contributed by atoms with van der Waals surface area (Å²) in [5.41, 5.74) is 6.59. The first kappa shape index (κ1) is 11.3. The number of hydrogen-bond acceptors (Lipinski definition) is 7. The van der Waals surface area contributed by atoms with E-state index in [-0.39, 0.29) is 5.82 Å². The number of anilines is 1. The van der Waals surface area contributed by atoms with Gasteiger partial charge in [0.1, 0.15) is 24.1 Å². The zero-order valence-corrected chi connectivity index (χ0v) is 9.63. The van der Waals surface area contributed by atoms with Gasteiger partial charge in [0.25, 0.3) is 0 Å². The van der Waals surface area contributed by atoms with Gasteiger partial charge < -0.3 is 20.7 Å². The van der Waals surface area contributed by atoms with Gasteiger partial charge in [-0.15, -0.1) is 0 Å². The molecule has 0 amide bonds. The van der Waals surface area contributed by atoms with Crippen molar-refractivity contribution in [3.63, 3.8) is 0 Å². The molecule has 2 aromatic rings. The fraction of sp³-hybridized carbons (Fsp3) is 0.500. The lowest BCUT2D eigenvalue weighted by Gasteiger charge is -2.16. The maximum Gasteiger partial charge on any atom is 0.167 e. The van der Waals surface area contributed by atoms with Gasteiger partial charge in [-0.25, -0.2) is 15.0 Å². The van der Waals surface area contributed by atoms with Crippen molar-refractivity contribution in [1.29, 1.82) is 0 Å². The van der Waals surface area contributed by atoms with Crippen LogP contribution in [0.2, 0.25) is 0 Å². The fourth-order valence-electron chi connectivity index (χ4n) is 2.11. The van der Waals surface area contributed by atoms with Crippen LogP contribution in [0.25, 0.3) is 11.2 Å². The Kier molecular flexibility index (Phi) is 2.44. The number of nitrogens with two attached hydrogens (primary N) is 1. The van der Waals surface area contributed by atoms with E-state index >= 15 is 0 Å². The second kappa shape index (κ2) is 3.87. The normalized spacial score (nSPS) is 32.2. The van der Waals surface area contributed by atoms with E-state index in [1.807, 2.05) is 0 Å². The molecule has 1 aliphatic heterocycles. The van der Waals surface area contributed by atoms with Crippen molar-refractivity contribution in [2.45, 2.75) is 31.5 Å². The molecular weight excluding hydrogens is 239 g/mol. The van der Waals surface area contributed by atoms with Crippen LogP contribution in [0, 0.1) is 0 Å². The van der Waals surface area contributed by atoms with Gasteiger partial charge in [-0.3, -0.25) is 4.57 Å². The van der Waals surface area contributed by atoms with E-state index in [0.717, 1.165) is 0 Å². The maximum atomic E-state index is 9.93. The highest BCUT2D eigenvalue weighted by molar-refractivity contribution is 5.81. The lowest BCUT2D eigenvalue weighted by molar-refractivity contribution is -0.0299. The van der Waals surface area contributed by atoms with Crippen molar-refractivity contribution in [3.8, 4) is 0 Å². The summed E-state index contributed by atoms with van der Waals surface area (Å²) in [6, 6.07) is 0. The van der Waals surface area contributed by atoms with E-state index < -0.39 is 24.5 Å². The van der Waals surface area contributed by atoms with Crippen LogP contribution in [0.5, 0.6) is 0 Å². The Morgan fingerprint density at radius 1 is 1.28 bits per heavy atom. The van der Waals surface area contributed by atoms with Gasteiger partial charge in [-0.1, -0.05) is 0 Å². The summed E-state index contributed by atoms with van der Waals surface area (Å²) in [5, 5.41) is 19.6. The number of hydrogen-bond donors (Lipinski definition) is 3. The predicted octanol–water partition coefficient (Wildman–Crippen LogP) is -0.952. The number of rotatable bonds is 1. The van der Waals surface area contributed by atoms with Crippen molar-refractivity contribution in [1.82, 2.24) is 19.5 Å². The molecule has 18 heavy (non-hydrogen) atoms. The van der Waals surface area contributed by atoms with Crippen LogP contribution in [0.1, 0.15) is 13.2 Å². The fourth-order valence-corrected chi connectivity index (χ4v) is 2.11. The highest BCUT2D eigenvalue weighted by atomic mass is 16.6. The zero-order valence-electron chi connectivity index (χ0n) is 9.63. The van der Waals surface area contributed by atoms with Gasteiger partial charge in [-0.2, -0.15) is 0 Å². The molecule has 8 heteroatoms. The number of aliphatic hydroxyl groups is 2. The summed E-state index contributed by atoms with van der Waals surface area (Å²) in [6.07, 6.45) is -0.373. The van der Waals surface area contributed by atoms with Gasteiger partial charge in [0.15, 0.2) is 17.7 Å². The van der Waals surface area contributed by atoms with Crippen molar-refractivity contribution < 1.29 is 14.9 Å². The Labute approximate surface area is 102 Å². The van der Waals surface area contributed by atoms with Crippen LogP contribution in [-0.2, 0) is 4.74 Å². The topological polar surface area (TPSA) is 119 Å². The summed E-state index contributed by atoms with van der Waals surface area (Å²) >= 11 is 0. The highest BCUT2D eigenvalue weighted by Gasteiger charge is 2.41. The van der Waals surface area contributed by atoms with Gasteiger partial charge >= 0.3 is 0 Å². The lowest BCUT2D eigenvalue weighted by Crippen LogP contribution is -2.30. The van der Waals surface area contributed by atoms with E-state index in [4.69, 9.17) is 10.5 Å². The Bertz CT molecular complexity index is 586.